The minimum Gasteiger partial charge on any atom is -0.451 e. The van der Waals surface area contributed by atoms with Gasteiger partial charge in [0.05, 0.1) is 21.1 Å². The van der Waals surface area contributed by atoms with Gasteiger partial charge in [-0.3, -0.25) is 19.2 Å². The van der Waals surface area contributed by atoms with E-state index in [1.54, 1.807) is 13.8 Å². The first-order chi connectivity index (χ1) is 14.8. The van der Waals surface area contributed by atoms with Crippen molar-refractivity contribution < 1.29 is 42.7 Å². The molecule has 0 spiro atoms. The number of likely N-dealkylation sites (N-methyl/N-ethyl adjacent to an activating group) is 1. The Morgan fingerprint density at radius 3 is 2.47 bits per heavy atom. The molecule has 0 bridgehead atoms. The van der Waals surface area contributed by atoms with Crippen molar-refractivity contribution in [3.8, 4) is 0 Å². The van der Waals surface area contributed by atoms with Crippen molar-refractivity contribution in [3.05, 3.63) is 0 Å². The fraction of sp³-hybridized carbons (Fsp3) is 0.750. The van der Waals surface area contributed by atoms with Crippen molar-refractivity contribution in [2.75, 3.05) is 59.7 Å². The first-order valence-corrected chi connectivity index (χ1v) is 11.3. The number of cyclic esters (lactones) is 1. The highest BCUT2D eigenvalue weighted by molar-refractivity contribution is 8.13. The smallest absolute Gasteiger partial charge is 0.451 e. The van der Waals surface area contributed by atoms with Crippen LogP contribution in [0.5, 0.6) is 0 Å². The van der Waals surface area contributed by atoms with Gasteiger partial charge in [-0.15, -0.1) is 0 Å². The fourth-order valence-corrected chi connectivity index (χ4v) is 3.16. The first-order valence-electron chi connectivity index (χ1n) is 10.3. The predicted octanol–water partition coefficient (Wildman–Crippen LogP) is 0.0698. The molecule has 2 amide bonds. The lowest BCUT2D eigenvalue weighted by atomic mass is 9.86. The third-order valence-electron chi connectivity index (χ3n) is 4.37. The number of nitrogens with zero attached hydrogens (tertiary/aromatic N) is 1. The molecule has 2 N–H and O–H groups in total. The molecule has 12 heteroatoms. The van der Waals surface area contributed by atoms with Crippen LogP contribution in [0, 0.1) is 5.41 Å². The van der Waals surface area contributed by atoms with Crippen molar-refractivity contribution in [1.82, 2.24) is 10.6 Å². The van der Waals surface area contributed by atoms with E-state index in [0.29, 0.717) is 16.8 Å². The summed E-state index contributed by atoms with van der Waals surface area (Å²) in [5, 5.41) is 4.75. The summed E-state index contributed by atoms with van der Waals surface area (Å²) in [6.45, 7) is 3.94. The van der Waals surface area contributed by atoms with E-state index in [9.17, 15) is 24.0 Å². The van der Waals surface area contributed by atoms with Gasteiger partial charge >= 0.3 is 12.1 Å². The first kappa shape index (κ1) is 27.7. The molecule has 1 heterocycles. The van der Waals surface area contributed by atoms with Crippen LogP contribution in [0.1, 0.15) is 26.7 Å². The molecule has 182 valence electrons. The number of rotatable bonds is 6. The zero-order valence-electron chi connectivity index (χ0n) is 19.4. The van der Waals surface area contributed by atoms with Gasteiger partial charge in [0.15, 0.2) is 11.2 Å². The van der Waals surface area contributed by atoms with E-state index < -0.39 is 41.1 Å². The van der Waals surface area contributed by atoms with Gasteiger partial charge in [0.1, 0.15) is 26.2 Å². The second-order valence-corrected chi connectivity index (χ2v) is 10.2. The molecule has 0 saturated carbocycles. The van der Waals surface area contributed by atoms with Gasteiger partial charge in [-0.25, -0.2) is 4.79 Å². The average molecular weight is 477 g/mol. The van der Waals surface area contributed by atoms with Crippen molar-refractivity contribution in [2.45, 2.75) is 32.8 Å². The largest absolute Gasteiger partial charge is 0.508 e. The minimum absolute atomic E-state index is 0.0283. The lowest BCUT2D eigenvalue weighted by Crippen LogP contribution is -2.49. The molecule has 1 fully saturated rings. The monoisotopic (exact) mass is 476 g/mol. The summed E-state index contributed by atoms with van der Waals surface area (Å²) in [4.78, 5) is 60.6. The van der Waals surface area contributed by atoms with E-state index in [1.165, 1.54) is 0 Å². The van der Waals surface area contributed by atoms with Gasteiger partial charge < -0.3 is 29.3 Å². The van der Waals surface area contributed by atoms with Crippen LogP contribution in [0.2, 0.25) is 0 Å². The molecule has 1 rings (SSSR count). The third kappa shape index (κ3) is 11.3. The number of hydrogen-bond donors (Lipinski definition) is 2. The van der Waals surface area contributed by atoms with E-state index in [2.05, 4.69) is 10.6 Å². The van der Waals surface area contributed by atoms with E-state index in [0.717, 1.165) is 11.8 Å². The maximum Gasteiger partial charge on any atom is 0.508 e. The molecule has 0 aromatic heterocycles. The Morgan fingerprint density at radius 1 is 1.12 bits per heavy atom. The van der Waals surface area contributed by atoms with E-state index in [1.807, 2.05) is 21.1 Å². The Morgan fingerprint density at radius 2 is 1.81 bits per heavy atom. The van der Waals surface area contributed by atoms with Crippen LogP contribution in [0.25, 0.3) is 0 Å². The Hall–Kier alpha value is -2.34. The lowest BCUT2D eigenvalue weighted by molar-refractivity contribution is -0.870. The number of carbonyl (C=O) groups excluding carboxylic acids is 5. The number of nitrogens with one attached hydrogen (secondary N) is 2. The molecule has 0 radical (unpaired) electrons. The third-order valence-corrected chi connectivity index (χ3v) is 5.24. The lowest BCUT2D eigenvalue weighted by Gasteiger charge is -2.32. The summed E-state index contributed by atoms with van der Waals surface area (Å²) < 4.78 is 16.1. The molecular formula is C20H34N3O8S+. The number of amides is 2. The molecule has 0 unspecified atom stereocenters. The van der Waals surface area contributed by atoms with Crippen LogP contribution in [-0.4, -0.2) is 99.4 Å². The maximum absolute atomic E-state index is 12.7. The van der Waals surface area contributed by atoms with Crippen LogP contribution in [-0.2, 0) is 33.4 Å². The van der Waals surface area contributed by atoms with Crippen LogP contribution < -0.4 is 10.6 Å². The van der Waals surface area contributed by atoms with Crippen LogP contribution in [0.15, 0.2) is 0 Å². The molecule has 1 aliphatic heterocycles. The standard InChI is InChI=1S/C20H33N3O8S/c1-20(2,13-30-19(28)29-10-9-23(3,4)5)17-18(27)22-7-6-14(24)21-8-11-32-16(26)12-15(25)31-17/h17H,6-13H2,1-5H3,(H-,21,22,24,27)/p+1/t17-/m0/s1. The molecule has 1 aliphatic rings. The summed E-state index contributed by atoms with van der Waals surface area (Å²) >= 11 is 0.899. The Balaban J connectivity index is 2.80. The van der Waals surface area contributed by atoms with Crippen molar-refractivity contribution in [1.29, 1.82) is 0 Å². The number of quaternary nitrogens is 1. The zero-order valence-corrected chi connectivity index (χ0v) is 20.2. The van der Waals surface area contributed by atoms with Crippen molar-refractivity contribution in [3.63, 3.8) is 0 Å². The molecule has 32 heavy (non-hydrogen) atoms. The number of thioether (sulfide) groups is 1. The van der Waals surface area contributed by atoms with Crippen LogP contribution in [0.4, 0.5) is 4.79 Å². The van der Waals surface area contributed by atoms with Crippen molar-refractivity contribution in [2.24, 2.45) is 5.41 Å². The highest BCUT2D eigenvalue weighted by Crippen LogP contribution is 2.25. The summed E-state index contributed by atoms with van der Waals surface area (Å²) in [7, 11) is 5.85. The second kappa shape index (κ2) is 12.6. The highest BCUT2D eigenvalue weighted by atomic mass is 32.2. The molecule has 0 aliphatic carbocycles. The molecular weight excluding hydrogens is 442 g/mol. The van der Waals surface area contributed by atoms with Crippen LogP contribution >= 0.6 is 11.8 Å². The van der Waals surface area contributed by atoms with Crippen molar-refractivity contribution >= 4 is 40.8 Å². The van der Waals surface area contributed by atoms with Gasteiger partial charge in [-0.2, -0.15) is 0 Å². The maximum atomic E-state index is 12.7. The van der Waals surface area contributed by atoms with E-state index >= 15 is 0 Å². The SMILES string of the molecule is CC(C)(COC(=O)OCC[N+](C)(C)C)[C@H]1OC(=O)CC(=O)SCCNC(=O)CCNC1=O. The summed E-state index contributed by atoms with van der Waals surface area (Å²) in [6, 6.07) is 0. The number of hydrogen-bond acceptors (Lipinski definition) is 9. The van der Waals surface area contributed by atoms with Gasteiger partial charge in [-0.1, -0.05) is 25.6 Å². The summed E-state index contributed by atoms with van der Waals surface area (Å²) in [5.74, 6) is -1.47. The van der Waals surface area contributed by atoms with E-state index in [-0.39, 0.29) is 38.6 Å². The molecule has 0 aromatic rings. The predicted molar refractivity (Wildman–Crippen MR) is 117 cm³/mol. The molecule has 0 aromatic carbocycles. The van der Waals surface area contributed by atoms with Gasteiger partial charge in [0.2, 0.25) is 5.91 Å². The highest BCUT2D eigenvalue weighted by Gasteiger charge is 2.40. The second-order valence-electron chi connectivity index (χ2n) is 9.05. The normalized spacial score (nSPS) is 19.8. The Kier molecular flexibility index (Phi) is 10.9. The van der Waals surface area contributed by atoms with Gasteiger partial charge in [-0.05, 0) is 0 Å². The minimum atomic E-state index is -1.35. The number of esters is 1. The Bertz CT molecular complexity index is 705. The fourth-order valence-electron chi connectivity index (χ4n) is 2.51. The van der Waals surface area contributed by atoms with Gasteiger partial charge in [0, 0.05) is 30.7 Å². The van der Waals surface area contributed by atoms with Gasteiger partial charge in [0.25, 0.3) is 5.91 Å². The summed E-state index contributed by atoms with van der Waals surface area (Å²) in [5.41, 5.74) is -1.13. The topological polar surface area (TPSA) is 137 Å². The quantitative estimate of drug-likeness (QED) is 0.310. The zero-order chi connectivity index (χ0) is 24.4. The Labute approximate surface area is 192 Å². The molecule has 11 nitrogen and oxygen atoms in total. The molecule has 1 saturated heterocycles. The number of carbonyl (C=O) groups is 5. The summed E-state index contributed by atoms with van der Waals surface area (Å²) in [6.07, 6.45) is -2.74. The van der Waals surface area contributed by atoms with E-state index in [4.69, 9.17) is 14.2 Å². The average Bonchev–Trinajstić information content (AvgIpc) is 2.66. The number of ether oxygens (including phenoxy) is 3. The van der Waals surface area contributed by atoms with Crippen LogP contribution in [0.3, 0.4) is 0 Å². The molecule has 1 atom stereocenters.